The van der Waals surface area contributed by atoms with Crippen molar-refractivity contribution in [3.8, 4) is 0 Å². The fourth-order valence-corrected chi connectivity index (χ4v) is 1.86. The summed E-state index contributed by atoms with van der Waals surface area (Å²) in [6.07, 6.45) is 10.1. The smallest absolute Gasteiger partial charge is 0.151 e. The average Bonchev–Trinajstić information content (AvgIpc) is 2.53. The van der Waals surface area contributed by atoms with Gasteiger partial charge in [-0.3, -0.25) is 0 Å². The fraction of sp³-hybridized carbons (Fsp3) is 1.00. The van der Waals surface area contributed by atoms with Gasteiger partial charge >= 0.3 is 0 Å². The molecule has 0 aromatic heterocycles. The quantitative estimate of drug-likeness (QED) is 0.148. The Balaban J connectivity index is -0.0000000950. The number of rotatable bonds is 12. The van der Waals surface area contributed by atoms with E-state index in [4.69, 9.17) is 30.6 Å². The Kier molecular flexibility index (Phi) is 49.4. The second kappa shape index (κ2) is 35.9. The van der Waals surface area contributed by atoms with Gasteiger partial charge in [-0.15, -0.1) is 0 Å². The molecule has 0 unspecified atom stereocenters. The third-order valence-corrected chi connectivity index (χ3v) is 3.13. The van der Waals surface area contributed by atoms with Crippen LogP contribution in [-0.2, 0) is 21.7 Å². The van der Waals surface area contributed by atoms with E-state index in [1.807, 2.05) is 0 Å². The summed E-state index contributed by atoms with van der Waals surface area (Å²) in [6.45, 7) is 11.2. The summed E-state index contributed by atoms with van der Waals surface area (Å²) >= 11 is 0. The number of unbranched alkanes of at least 4 members (excludes halogenated alkanes) is 8. The minimum absolute atomic E-state index is 0. The van der Waals surface area contributed by atoms with Gasteiger partial charge in [0.15, 0.2) is 12.6 Å². The zero-order valence-electron chi connectivity index (χ0n) is 20.0. The van der Waals surface area contributed by atoms with E-state index in [0.29, 0.717) is 12.8 Å². The molecule has 0 aromatic carbocycles. The summed E-state index contributed by atoms with van der Waals surface area (Å²) in [5.74, 6) is 0. The van der Waals surface area contributed by atoms with Crippen LogP contribution in [0.15, 0.2) is 0 Å². The second-order valence-electron chi connectivity index (χ2n) is 7.55. The number of hydrogen-bond acceptors (Lipinski definition) is 6. The molecule has 0 saturated heterocycles. The van der Waals surface area contributed by atoms with E-state index in [-0.39, 0.29) is 33.9 Å². The van der Waals surface area contributed by atoms with Crippen molar-refractivity contribution >= 4 is 0 Å². The van der Waals surface area contributed by atoms with Crippen molar-refractivity contribution in [2.75, 3.05) is 0 Å². The van der Waals surface area contributed by atoms with Crippen LogP contribution in [0.2, 0.25) is 0 Å². The van der Waals surface area contributed by atoms with Gasteiger partial charge in [0.05, 0.1) is 0 Å². The molecule has 0 aliphatic heterocycles. The van der Waals surface area contributed by atoms with Gasteiger partial charge in [0.2, 0.25) is 0 Å². The van der Waals surface area contributed by atoms with E-state index in [2.05, 4.69) is 13.8 Å². The minimum atomic E-state index is -1.10. The molecule has 0 aromatic rings. The van der Waals surface area contributed by atoms with E-state index in [9.17, 15) is 0 Å². The molecule has 0 saturated carbocycles. The molecule has 0 radical (unpaired) electrons. The predicted molar refractivity (Wildman–Crippen MR) is 118 cm³/mol. The van der Waals surface area contributed by atoms with Crippen LogP contribution in [-0.4, -0.2) is 55.4 Å². The van der Waals surface area contributed by atoms with Crippen molar-refractivity contribution in [3.05, 3.63) is 0 Å². The largest absolute Gasteiger partial charge is 0.394 e. The average molecular weight is 461 g/mol. The molecular weight excluding hydrogens is 408 g/mol. The van der Waals surface area contributed by atoms with Crippen LogP contribution in [0, 0.1) is 0 Å². The summed E-state index contributed by atoms with van der Waals surface area (Å²) in [5, 5.41) is 50.0. The summed E-state index contributed by atoms with van der Waals surface area (Å²) in [5.41, 5.74) is 0. The van der Waals surface area contributed by atoms with Crippen LogP contribution >= 0.6 is 0 Å². The Hall–Kier alpha value is 0.474. The maximum absolute atomic E-state index is 8.46. The summed E-state index contributed by atoms with van der Waals surface area (Å²) < 4.78 is 0. The molecule has 0 heterocycles. The first-order valence-corrected chi connectivity index (χ1v) is 11.1. The van der Waals surface area contributed by atoms with Crippen LogP contribution in [0.4, 0.5) is 0 Å². The van der Waals surface area contributed by atoms with Crippen molar-refractivity contribution in [2.45, 2.75) is 143 Å². The zero-order valence-corrected chi connectivity index (χ0v) is 21.5. The first-order valence-electron chi connectivity index (χ1n) is 11.1. The maximum Gasteiger partial charge on any atom is 0.151 e. The molecule has 0 bridgehead atoms. The van der Waals surface area contributed by atoms with Gasteiger partial charge in [0.1, 0.15) is 0 Å². The maximum atomic E-state index is 8.46. The zero-order chi connectivity index (χ0) is 22.8. The molecule has 0 spiro atoms. The van der Waals surface area contributed by atoms with E-state index < -0.39 is 12.6 Å². The normalized spacial score (nSPS) is 9.93. The molecular formula is C22H52O6Ti. The molecule has 0 atom stereocenters. The molecule has 0 fully saturated rings. The van der Waals surface area contributed by atoms with Gasteiger partial charge in [-0.25, -0.2) is 0 Å². The van der Waals surface area contributed by atoms with Gasteiger partial charge in [-0.2, -0.15) is 0 Å². The van der Waals surface area contributed by atoms with E-state index in [0.717, 1.165) is 25.7 Å². The summed E-state index contributed by atoms with van der Waals surface area (Å²) in [7, 11) is 0. The summed E-state index contributed by atoms with van der Waals surface area (Å²) in [6, 6.07) is 0. The molecule has 7 heteroatoms. The second-order valence-corrected chi connectivity index (χ2v) is 7.55. The van der Waals surface area contributed by atoms with Crippen LogP contribution < -0.4 is 0 Å². The number of aliphatic hydroxyl groups excluding tert-OH is 4. The van der Waals surface area contributed by atoms with Crippen LogP contribution in [0.3, 0.4) is 0 Å². The van der Waals surface area contributed by atoms with Crippen molar-refractivity contribution in [1.29, 1.82) is 0 Å². The van der Waals surface area contributed by atoms with Crippen LogP contribution in [0.25, 0.3) is 0 Å². The van der Waals surface area contributed by atoms with Crippen LogP contribution in [0.1, 0.15) is 119 Å². The fourth-order valence-electron chi connectivity index (χ4n) is 1.86. The first-order chi connectivity index (χ1) is 13.0. The predicted octanol–water partition coefficient (Wildman–Crippen LogP) is 4.09. The molecule has 0 aliphatic carbocycles. The van der Waals surface area contributed by atoms with E-state index in [1.54, 1.807) is 27.7 Å². The van der Waals surface area contributed by atoms with Gasteiger partial charge in [-0.1, -0.05) is 65.2 Å². The van der Waals surface area contributed by atoms with Crippen molar-refractivity contribution < 1.29 is 52.4 Å². The molecule has 6 N–H and O–H groups in total. The molecule has 0 aliphatic rings. The van der Waals surface area contributed by atoms with Crippen molar-refractivity contribution in [2.24, 2.45) is 0 Å². The molecule has 6 nitrogen and oxygen atoms in total. The summed E-state index contributed by atoms with van der Waals surface area (Å²) in [4.78, 5) is 0. The molecule has 180 valence electrons. The third kappa shape index (κ3) is 95.3. The topological polar surface area (TPSA) is 121 Å². The Morgan fingerprint density at radius 3 is 0.828 bits per heavy atom. The standard InChI is InChI=1S/2C8H18O2.2C3H8O.Ti/c2*1-2-3-4-5-6-7-8(9)10;2*1-3(2)4;/h2*8-10H,2-7H2,1H3;2*3-4H,1-2H3;. The SMILES string of the molecule is CC(C)O.CC(C)O.CCCCCCCC(O)O.CCCCCCCC(O)O.[Ti]. The Labute approximate surface area is 195 Å². The first kappa shape index (κ1) is 39.9. The third-order valence-electron chi connectivity index (χ3n) is 3.13. The minimum Gasteiger partial charge on any atom is -0.394 e. The van der Waals surface area contributed by atoms with Crippen molar-refractivity contribution in [3.63, 3.8) is 0 Å². The van der Waals surface area contributed by atoms with E-state index in [1.165, 1.54) is 38.5 Å². The van der Waals surface area contributed by atoms with E-state index >= 15 is 0 Å². The molecule has 29 heavy (non-hydrogen) atoms. The van der Waals surface area contributed by atoms with Gasteiger partial charge < -0.3 is 30.6 Å². The van der Waals surface area contributed by atoms with Crippen LogP contribution in [0.5, 0.6) is 0 Å². The van der Waals surface area contributed by atoms with Gasteiger partial charge in [-0.05, 0) is 53.4 Å². The van der Waals surface area contributed by atoms with Gasteiger partial charge in [0.25, 0.3) is 0 Å². The molecule has 0 rings (SSSR count). The Bertz CT molecular complexity index is 210. The number of aliphatic hydroxyl groups is 6. The number of hydrogen-bond donors (Lipinski definition) is 6. The molecule has 0 amide bonds. The monoisotopic (exact) mass is 460 g/mol. The Morgan fingerprint density at radius 1 is 0.448 bits per heavy atom. The van der Waals surface area contributed by atoms with Gasteiger partial charge in [0, 0.05) is 33.9 Å². The van der Waals surface area contributed by atoms with Crippen molar-refractivity contribution in [1.82, 2.24) is 0 Å². The Morgan fingerprint density at radius 2 is 0.655 bits per heavy atom.